The van der Waals surface area contributed by atoms with Gasteiger partial charge in [0.2, 0.25) is 0 Å². The van der Waals surface area contributed by atoms with Crippen LogP contribution >= 0.6 is 0 Å². The predicted octanol–water partition coefficient (Wildman–Crippen LogP) is 13.2. The monoisotopic (exact) mass is 1000 g/mol. The second-order valence-electron chi connectivity index (χ2n) is 16.8. The van der Waals surface area contributed by atoms with E-state index in [1.54, 1.807) is 30.3 Å². The van der Waals surface area contributed by atoms with E-state index in [1.165, 1.54) is 18.3 Å². The van der Waals surface area contributed by atoms with Crippen molar-refractivity contribution >= 4 is 21.9 Å². The van der Waals surface area contributed by atoms with Crippen LogP contribution in [0.25, 0.3) is 55.7 Å². The Morgan fingerprint density at radius 3 is 1.73 bits per heavy atom. The molecule has 0 radical (unpaired) electrons. The van der Waals surface area contributed by atoms with Crippen LogP contribution in [0.15, 0.2) is 150 Å². The summed E-state index contributed by atoms with van der Waals surface area (Å²) in [5.41, 5.74) is 6.55. The van der Waals surface area contributed by atoms with Crippen LogP contribution in [-0.4, -0.2) is 15.0 Å². The van der Waals surface area contributed by atoms with Crippen molar-refractivity contribution in [2.24, 2.45) is 0 Å². The van der Waals surface area contributed by atoms with Gasteiger partial charge in [0.25, 0.3) is 0 Å². The quantitative estimate of drug-likeness (QED) is 0.114. The van der Waals surface area contributed by atoms with Gasteiger partial charge in [0, 0.05) is 39.1 Å². The van der Waals surface area contributed by atoms with Gasteiger partial charge in [-0.25, -0.2) is 0 Å². The van der Waals surface area contributed by atoms with E-state index in [4.69, 9.17) is 19.9 Å². The maximum atomic E-state index is 9.79. The van der Waals surface area contributed by atoms with Crippen LogP contribution in [0.4, 0.5) is 0 Å². The van der Waals surface area contributed by atoms with Crippen LogP contribution in [0.5, 0.6) is 0 Å². The van der Waals surface area contributed by atoms with E-state index in [1.807, 2.05) is 79.1 Å². The van der Waals surface area contributed by atoms with Crippen molar-refractivity contribution in [3.8, 4) is 39.8 Å². The molecule has 0 atom stereocenters. The second-order valence-corrected chi connectivity index (χ2v) is 16.8. The molecule has 4 aromatic heterocycles. The Hall–Kier alpha value is -6.51. The standard InChI is InChI=1S/C57H47N4O.Ir/c1-38-45(34-58)22-25-49-48-17-12-18-50(55(48)62-54(38)49)53-26-21-39(35-59-53)19-20-40-29-41(32-56(2,3)46-23-27-51(60-36-46)43-13-8-6-9-14-43)31-42(30-40)33-57(4,5)47-24-28-52(61-37-47)44-15-10-7-11-16-44;/h6-13,15,17,21-31,35-37H,19-20,32-33H2,1-5H3;/q-3;+3/i1D3,19D2,20D2,22D;. The first-order chi connectivity index (χ1) is 33.2. The molecule has 5 aromatic carbocycles. The number of aromatic nitrogens is 3. The molecule has 0 bridgehead atoms. The normalized spacial score (nSPS) is 14.2. The Morgan fingerprint density at radius 2 is 1.21 bits per heavy atom. The van der Waals surface area contributed by atoms with Gasteiger partial charge >= 0.3 is 20.1 Å². The molecule has 0 saturated heterocycles. The van der Waals surface area contributed by atoms with E-state index in [-0.39, 0.29) is 59.6 Å². The number of rotatable bonds is 12. The van der Waals surface area contributed by atoms with E-state index in [0.29, 0.717) is 34.9 Å². The third-order valence-corrected chi connectivity index (χ3v) is 11.4. The third kappa shape index (κ3) is 9.18. The van der Waals surface area contributed by atoms with Gasteiger partial charge in [0.05, 0.1) is 18.6 Å². The first kappa shape index (κ1) is 34.0. The zero-order valence-corrected chi connectivity index (χ0v) is 37.6. The van der Waals surface area contributed by atoms with Gasteiger partial charge < -0.3 is 19.4 Å². The van der Waals surface area contributed by atoms with Crippen LogP contribution < -0.4 is 0 Å². The van der Waals surface area contributed by atoms with Crippen LogP contribution in [-0.2, 0) is 56.5 Å². The summed E-state index contributed by atoms with van der Waals surface area (Å²) in [5, 5.41) is 10.6. The molecule has 0 aliphatic carbocycles. The summed E-state index contributed by atoms with van der Waals surface area (Å²) in [6, 6.07) is 48.1. The van der Waals surface area contributed by atoms with E-state index >= 15 is 0 Å². The molecule has 310 valence electrons. The smallest absolute Gasteiger partial charge is 0.500 e. The van der Waals surface area contributed by atoms with Crippen molar-refractivity contribution in [3.63, 3.8) is 0 Å². The molecule has 6 heteroatoms. The second kappa shape index (κ2) is 18.1. The Kier molecular flexibility index (Phi) is 9.76. The third-order valence-electron chi connectivity index (χ3n) is 11.4. The summed E-state index contributed by atoms with van der Waals surface area (Å²) in [6.45, 7) is 5.75. The number of aryl methyl sites for hydroxylation is 3. The van der Waals surface area contributed by atoms with Crippen molar-refractivity contribution in [1.29, 1.82) is 5.26 Å². The molecule has 0 spiro atoms. The number of nitrogens with zero attached hydrogens (tertiary/aromatic N) is 4. The minimum absolute atomic E-state index is 0. The number of hydrogen-bond acceptors (Lipinski definition) is 5. The molecule has 0 N–H and O–H groups in total. The van der Waals surface area contributed by atoms with E-state index < -0.39 is 30.4 Å². The van der Waals surface area contributed by atoms with E-state index in [0.717, 1.165) is 44.8 Å². The van der Waals surface area contributed by atoms with Gasteiger partial charge in [0.1, 0.15) is 5.58 Å². The molecule has 0 fully saturated rings. The van der Waals surface area contributed by atoms with Crippen LogP contribution in [0.1, 0.15) is 83.2 Å². The molecule has 4 heterocycles. The first-order valence-electron chi connectivity index (χ1n) is 24.5. The molecular formula is C57H47IrN4O. The van der Waals surface area contributed by atoms with Crippen molar-refractivity contribution in [2.75, 3.05) is 0 Å². The molecule has 63 heavy (non-hydrogen) atoms. The molecule has 0 aliphatic rings. The zero-order valence-electron chi connectivity index (χ0n) is 43.2. The molecule has 0 amide bonds. The summed E-state index contributed by atoms with van der Waals surface area (Å²) in [7, 11) is 0. The fourth-order valence-electron chi connectivity index (χ4n) is 8.06. The summed E-state index contributed by atoms with van der Waals surface area (Å²) in [6.07, 6.45) is 0.904. The van der Waals surface area contributed by atoms with Crippen molar-refractivity contribution in [3.05, 3.63) is 209 Å². The molecule has 5 nitrogen and oxygen atoms in total. The summed E-state index contributed by atoms with van der Waals surface area (Å²) in [5.74, 6) is 0. The van der Waals surface area contributed by atoms with Gasteiger partial charge in [-0.15, -0.1) is 90.0 Å². The van der Waals surface area contributed by atoms with Gasteiger partial charge in [-0.1, -0.05) is 99.3 Å². The van der Waals surface area contributed by atoms with Crippen LogP contribution in [0.2, 0.25) is 0 Å². The van der Waals surface area contributed by atoms with Gasteiger partial charge in [-0.3, -0.25) is 0 Å². The average Bonchev–Trinajstić information content (AvgIpc) is 3.71. The van der Waals surface area contributed by atoms with Gasteiger partial charge in [-0.2, -0.15) is 5.26 Å². The maximum Gasteiger partial charge on any atom is 3.00 e. The molecule has 9 rings (SSSR count). The first-order valence-corrected chi connectivity index (χ1v) is 20.5. The van der Waals surface area contributed by atoms with Gasteiger partial charge in [-0.05, 0) is 99.8 Å². The SMILES string of the molecule is [2H]c1cc2c(oc3c(-c4ccc(C([2H])([2H])C([2H])([2H])c5cc(CC(C)(C)c6ccc(-c7[c-]cccc7)nc6)cc(CC(C)(C)c6ccc(-c7[c-]cccc7)nc6)c5)cn4)[c-]ccc32)c(C([2H])([2H])[2H])c1C#N.[Ir+3]. The number of benzene rings is 5. The Labute approximate surface area is 395 Å². The Balaban J connectivity index is 0.00000676. The number of hydrogen-bond donors (Lipinski definition) is 0. The summed E-state index contributed by atoms with van der Waals surface area (Å²) >= 11 is 0. The summed E-state index contributed by atoms with van der Waals surface area (Å²) in [4.78, 5) is 14.2. The van der Waals surface area contributed by atoms with Crippen molar-refractivity contribution in [2.45, 2.75) is 71.0 Å². The molecule has 9 aromatic rings. The average molecular weight is 1000 g/mol. The number of pyridine rings is 3. The molecule has 0 aliphatic heterocycles. The largest absolute Gasteiger partial charge is 3.00 e. The zero-order chi connectivity index (χ0) is 49.8. The van der Waals surface area contributed by atoms with E-state index in [2.05, 4.69) is 69.1 Å². The Bertz CT molecular complexity index is 3310. The van der Waals surface area contributed by atoms with Crippen molar-refractivity contribution < 1.29 is 35.5 Å². The number of nitriles is 1. The molecule has 0 saturated carbocycles. The molecule has 0 unspecified atom stereocenters. The minimum Gasteiger partial charge on any atom is -0.500 e. The van der Waals surface area contributed by atoms with E-state index in [9.17, 15) is 10.7 Å². The summed E-state index contributed by atoms with van der Waals surface area (Å²) < 4.78 is 77.4. The van der Waals surface area contributed by atoms with Crippen molar-refractivity contribution in [1.82, 2.24) is 15.0 Å². The Morgan fingerprint density at radius 1 is 0.635 bits per heavy atom. The number of furan rings is 1. The van der Waals surface area contributed by atoms with Gasteiger partial charge in [0.15, 0.2) is 0 Å². The number of fused-ring (bicyclic) bond motifs is 3. The van der Waals surface area contributed by atoms with Crippen LogP contribution in [0, 0.1) is 36.4 Å². The minimum atomic E-state index is -2.74. The predicted molar refractivity (Wildman–Crippen MR) is 250 cm³/mol. The fraction of sp³-hybridized carbons (Fsp3) is 0.193. The fourth-order valence-corrected chi connectivity index (χ4v) is 8.06. The maximum absolute atomic E-state index is 9.79. The topological polar surface area (TPSA) is 75.6 Å². The molecular weight excluding hydrogens is 949 g/mol. The van der Waals surface area contributed by atoms with Crippen LogP contribution in [0.3, 0.4) is 0 Å².